The first-order chi connectivity index (χ1) is 14.6. The van der Waals surface area contributed by atoms with Crippen molar-refractivity contribution in [1.29, 1.82) is 5.26 Å². The number of hydrogen-bond donors (Lipinski definition) is 1. The largest absolute Gasteiger partial charge is 0.489 e. The number of nitrogens with zero attached hydrogens (tertiary/aromatic N) is 6. The van der Waals surface area contributed by atoms with Crippen LogP contribution in [0.2, 0.25) is 0 Å². The predicted octanol–water partition coefficient (Wildman–Crippen LogP) is -0.126. The van der Waals surface area contributed by atoms with E-state index in [0.717, 1.165) is 0 Å². The van der Waals surface area contributed by atoms with E-state index in [9.17, 15) is 9.59 Å². The van der Waals surface area contributed by atoms with Gasteiger partial charge in [-0.15, -0.1) is 0 Å². The van der Waals surface area contributed by atoms with Gasteiger partial charge in [-0.2, -0.15) is 10.4 Å². The van der Waals surface area contributed by atoms with Crippen LogP contribution in [-0.4, -0.2) is 77.0 Å². The molecule has 11 heteroatoms. The van der Waals surface area contributed by atoms with Crippen molar-refractivity contribution in [2.75, 3.05) is 50.9 Å². The van der Waals surface area contributed by atoms with Crippen LogP contribution in [-0.2, 0) is 9.53 Å². The molecule has 1 fully saturated rings. The molecule has 1 saturated heterocycles. The van der Waals surface area contributed by atoms with Crippen molar-refractivity contribution in [3.05, 3.63) is 40.1 Å². The fraction of sp³-hybridized carbons (Fsp3) is 0.474. The Morgan fingerprint density at radius 1 is 1.17 bits per heavy atom. The highest BCUT2D eigenvalue weighted by Crippen LogP contribution is 2.12. The third kappa shape index (κ3) is 5.51. The summed E-state index contributed by atoms with van der Waals surface area (Å²) in [4.78, 5) is 35.9. The zero-order valence-electron chi connectivity index (χ0n) is 16.7. The molecule has 1 aliphatic rings. The van der Waals surface area contributed by atoms with Gasteiger partial charge >= 0.3 is 0 Å². The fourth-order valence-corrected chi connectivity index (χ4v) is 2.92. The first-order valence-corrected chi connectivity index (χ1v) is 9.58. The van der Waals surface area contributed by atoms with Crippen LogP contribution in [0, 0.1) is 18.3 Å². The number of nitrogens with one attached hydrogen (secondary N) is 1. The van der Waals surface area contributed by atoms with Crippen LogP contribution < -0.4 is 15.2 Å². The normalized spacial score (nSPS) is 13.7. The monoisotopic (exact) mass is 413 g/mol. The zero-order valence-corrected chi connectivity index (χ0v) is 16.7. The van der Waals surface area contributed by atoms with Crippen molar-refractivity contribution in [2.45, 2.75) is 13.3 Å². The molecule has 158 valence electrons. The van der Waals surface area contributed by atoms with E-state index in [4.69, 9.17) is 14.7 Å². The average Bonchev–Trinajstić information content (AvgIpc) is 2.79. The van der Waals surface area contributed by atoms with Crippen molar-refractivity contribution in [3.8, 4) is 11.8 Å². The van der Waals surface area contributed by atoms with Gasteiger partial charge in [0.2, 0.25) is 11.9 Å². The molecule has 1 aliphatic heterocycles. The van der Waals surface area contributed by atoms with Crippen molar-refractivity contribution < 1.29 is 14.3 Å². The summed E-state index contributed by atoms with van der Waals surface area (Å²) in [5.74, 6) is 1.02. The summed E-state index contributed by atoms with van der Waals surface area (Å²) in [5, 5.41) is 14.8. The summed E-state index contributed by atoms with van der Waals surface area (Å²) in [6.45, 7) is 4.97. The molecule has 30 heavy (non-hydrogen) atoms. The summed E-state index contributed by atoms with van der Waals surface area (Å²) >= 11 is 0. The molecule has 2 aromatic rings. The van der Waals surface area contributed by atoms with Crippen molar-refractivity contribution in [2.24, 2.45) is 0 Å². The highest BCUT2D eigenvalue weighted by molar-refractivity contribution is 5.76. The Labute approximate surface area is 173 Å². The first-order valence-electron chi connectivity index (χ1n) is 9.58. The summed E-state index contributed by atoms with van der Waals surface area (Å²) in [6.07, 6.45) is 4.73. The maximum atomic E-state index is 12.3. The Bertz CT molecular complexity index is 947. The highest BCUT2D eigenvalue weighted by Gasteiger charge is 2.22. The summed E-state index contributed by atoms with van der Waals surface area (Å²) in [5.41, 5.74) is 0.595. The third-order valence-corrected chi connectivity index (χ3v) is 4.69. The van der Waals surface area contributed by atoms with Crippen LogP contribution >= 0.6 is 0 Å². The van der Waals surface area contributed by atoms with Gasteiger partial charge in [0.1, 0.15) is 18.4 Å². The van der Waals surface area contributed by atoms with Crippen LogP contribution in [0.5, 0.6) is 5.75 Å². The Morgan fingerprint density at radius 2 is 1.90 bits per heavy atom. The molecule has 3 rings (SSSR count). The van der Waals surface area contributed by atoms with E-state index in [1.165, 1.54) is 18.6 Å². The lowest BCUT2D eigenvalue weighted by Gasteiger charge is -2.34. The van der Waals surface area contributed by atoms with Gasteiger partial charge in [0.05, 0.1) is 49.4 Å². The number of nitriles is 1. The molecule has 0 saturated carbocycles. The lowest BCUT2D eigenvalue weighted by molar-refractivity contribution is -0.132. The number of ether oxygens (including phenoxy) is 2. The van der Waals surface area contributed by atoms with E-state index in [1.54, 1.807) is 11.8 Å². The predicted molar refractivity (Wildman–Crippen MR) is 106 cm³/mol. The second-order valence-electron chi connectivity index (χ2n) is 6.65. The Hall–Kier alpha value is -3.52. The van der Waals surface area contributed by atoms with Gasteiger partial charge in [-0.1, -0.05) is 0 Å². The maximum Gasteiger partial charge on any atom is 0.270 e. The van der Waals surface area contributed by atoms with E-state index >= 15 is 0 Å². The van der Waals surface area contributed by atoms with Crippen molar-refractivity contribution in [3.63, 3.8) is 0 Å². The number of hydrogen-bond acceptors (Lipinski definition) is 9. The molecule has 0 atom stereocenters. The van der Waals surface area contributed by atoms with Gasteiger partial charge < -0.3 is 19.3 Å². The Balaban J connectivity index is 1.31. The average molecular weight is 413 g/mol. The summed E-state index contributed by atoms with van der Waals surface area (Å²) in [7, 11) is 0. The fourth-order valence-electron chi connectivity index (χ4n) is 2.92. The smallest absolute Gasteiger partial charge is 0.270 e. The number of piperazine rings is 1. The van der Waals surface area contributed by atoms with Gasteiger partial charge in [-0.3, -0.25) is 9.59 Å². The van der Waals surface area contributed by atoms with Gasteiger partial charge in [0, 0.05) is 26.2 Å². The topological polar surface area (TPSA) is 137 Å². The molecule has 1 amide bonds. The molecule has 0 radical (unpaired) electrons. The first kappa shape index (κ1) is 21.2. The van der Waals surface area contributed by atoms with Crippen LogP contribution in [0.3, 0.4) is 0 Å². The number of anilines is 1. The van der Waals surface area contributed by atoms with Crippen LogP contribution in [0.4, 0.5) is 5.95 Å². The van der Waals surface area contributed by atoms with Crippen molar-refractivity contribution in [1.82, 2.24) is 25.1 Å². The van der Waals surface area contributed by atoms with Gasteiger partial charge in [-0.25, -0.2) is 15.1 Å². The van der Waals surface area contributed by atoms with E-state index < -0.39 is 0 Å². The van der Waals surface area contributed by atoms with E-state index in [2.05, 4.69) is 20.2 Å². The quantitative estimate of drug-likeness (QED) is 0.587. The van der Waals surface area contributed by atoms with E-state index in [1.807, 2.05) is 11.0 Å². The van der Waals surface area contributed by atoms with Gasteiger partial charge in [0.15, 0.2) is 0 Å². The minimum absolute atomic E-state index is 0.0333. The second kappa shape index (κ2) is 10.3. The highest BCUT2D eigenvalue weighted by atomic mass is 16.5. The molecule has 0 bridgehead atoms. The SMILES string of the molecule is Cc1c(OCCOCCC(=O)N2CCN(c3ncc(C#N)cn3)CC2)cn[nH]c1=O. The Kier molecular flexibility index (Phi) is 7.29. The number of amides is 1. The zero-order chi connectivity index (χ0) is 21.3. The van der Waals surface area contributed by atoms with Crippen molar-refractivity contribution >= 4 is 11.9 Å². The number of aromatic nitrogens is 4. The second-order valence-corrected chi connectivity index (χ2v) is 6.65. The number of H-pyrrole nitrogens is 1. The Morgan fingerprint density at radius 3 is 2.60 bits per heavy atom. The molecule has 0 aromatic carbocycles. The number of carbonyl (C=O) groups is 1. The molecule has 2 aromatic heterocycles. The van der Waals surface area contributed by atoms with E-state index in [-0.39, 0.29) is 18.1 Å². The molecule has 1 N–H and O–H groups in total. The molecular weight excluding hydrogens is 390 g/mol. The molecule has 0 spiro atoms. The number of carbonyl (C=O) groups excluding carboxylic acids is 1. The lowest BCUT2D eigenvalue weighted by atomic mass is 10.3. The molecule has 3 heterocycles. The van der Waals surface area contributed by atoms with Crippen LogP contribution in [0.15, 0.2) is 23.4 Å². The molecule has 11 nitrogen and oxygen atoms in total. The third-order valence-electron chi connectivity index (χ3n) is 4.69. The minimum Gasteiger partial charge on any atom is -0.489 e. The minimum atomic E-state index is -0.287. The van der Waals surface area contributed by atoms with E-state index in [0.29, 0.717) is 68.6 Å². The molecule has 0 aliphatic carbocycles. The molecular formula is C19H23N7O4. The van der Waals surface area contributed by atoms with Gasteiger partial charge in [-0.05, 0) is 6.92 Å². The molecule has 0 unspecified atom stereocenters. The van der Waals surface area contributed by atoms with Crippen LogP contribution in [0.1, 0.15) is 17.5 Å². The van der Waals surface area contributed by atoms with Crippen LogP contribution in [0.25, 0.3) is 0 Å². The maximum absolute atomic E-state index is 12.3. The number of rotatable bonds is 8. The summed E-state index contributed by atoms with van der Waals surface area (Å²) < 4.78 is 10.9. The summed E-state index contributed by atoms with van der Waals surface area (Å²) in [6, 6.07) is 1.99. The number of aromatic amines is 1. The lowest BCUT2D eigenvalue weighted by Crippen LogP contribution is -2.49. The standard InChI is InChI=1S/C19H23N7O4/c1-14-16(13-23-24-18(14)28)30-9-8-29-7-2-17(27)25-3-5-26(6-4-25)19-21-11-15(10-20)12-22-19/h11-13H,2-9H2,1H3,(H,24,28). The van der Waals surface area contributed by atoms with Gasteiger partial charge in [0.25, 0.3) is 5.56 Å².